The number of benzene rings is 1. The summed E-state index contributed by atoms with van der Waals surface area (Å²) in [5, 5.41) is 9.86. The molecule has 0 spiro atoms. The van der Waals surface area contributed by atoms with Gasteiger partial charge in [0.1, 0.15) is 5.75 Å². The van der Waals surface area contributed by atoms with Gasteiger partial charge in [0.05, 0.1) is 11.7 Å². The number of ether oxygens (including phenoxy) is 1. The van der Waals surface area contributed by atoms with Crippen LogP contribution in [0.4, 0.5) is 0 Å². The van der Waals surface area contributed by atoms with E-state index in [1.165, 1.54) is 0 Å². The first-order chi connectivity index (χ1) is 8.04. The van der Waals surface area contributed by atoms with Crippen LogP contribution in [0.5, 0.6) is 5.75 Å². The molecule has 94 valence electrons. The number of hydrogen-bond acceptors (Lipinski definition) is 2. The van der Waals surface area contributed by atoms with Gasteiger partial charge in [-0.05, 0) is 50.7 Å². The van der Waals surface area contributed by atoms with Gasteiger partial charge in [-0.3, -0.25) is 0 Å². The van der Waals surface area contributed by atoms with Gasteiger partial charge < -0.3 is 9.84 Å². The Morgan fingerprint density at radius 2 is 2.00 bits per heavy atom. The lowest BCUT2D eigenvalue weighted by molar-refractivity contribution is 0.316. The third-order valence-corrected chi connectivity index (χ3v) is 3.81. The Morgan fingerprint density at radius 1 is 1.35 bits per heavy atom. The van der Waals surface area contributed by atoms with Crippen molar-refractivity contribution in [2.45, 2.75) is 57.7 Å². The molecule has 0 radical (unpaired) electrons. The van der Waals surface area contributed by atoms with E-state index in [2.05, 4.69) is 20.8 Å². The first-order valence-electron chi connectivity index (χ1n) is 6.50. The Balaban J connectivity index is 1.95. The van der Waals surface area contributed by atoms with Crippen LogP contribution in [0, 0.1) is 0 Å². The van der Waals surface area contributed by atoms with E-state index in [0.717, 1.165) is 24.8 Å². The fourth-order valence-electron chi connectivity index (χ4n) is 2.50. The predicted octanol–water partition coefficient (Wildman–Crippen LogP) is 3.84. The summed E-state index contributed by atoms with van der Waals surface area (Å²) in [6.07, 6.45) is 3.63. The van der Waals surface area contributed by atoms with E-state index in [1.807, 2.05) is 18.2 Å². The second-order valence-corrected chi connectivity index (χ2v) is 5.45. The molecule has 0 aromatic heterocycles. The van der Waals surface area contributed by atoms with Gasteiger partial charge in [-0.25, -0.2) is 0 Å². The molecule has 2 rings (SSSR count). The number of epoxide rings is 1. The molecular weight excluding hydrogens is 212 g/mol. The molecule has 0 saturated carbocycles. The molecule has 17 heavy (non-hydrogen) atoms. The Labute approximate surface area is 104 Å². The summed E-state index contributed by atoms with van der Waals surface area (Å²) in [6.45, 7) is 6.45. The predicted molar refractivity (Wildman–Crippen MR) is 69.3 cm³/mol. The van der Waals surface area contributed by atoms with E-state index in [-0.39, 0.29) is 5.60 Å². The molecule has 1 saturated heterocycles. The van der Waals surface area contributed by atoms with Crippen LogP contribution in [0.3, 0.4) is 0 Å². The van der Waals surface area contributed by atoms with E-state index in [1.54, 1.807) is 6.07 Å². The summed E-state index contributed by atoms with van der Waals surface area (Å²) in [4.78, 5) is 0. The van der Waals surface area contributed by atoms with Gasteiger partial charge in [-0.1, -0.05) is 25.1 Å². The highest BCUT2D eigenvalue weighted by atomic mass is 16.6. The average molecular weight is 234 g/mol. The Morgan fingerprint density at radius 3 is 2.53 bits per heavy atom. The SMILES string of the molecule is CC[C@@H](CC[C@H]1OC1(C)C)c1ccccc1O. The van der Waals surface area contributed by atoms with Crippen LogP contribution in [0.2, 0.25) is 0 Å². The van der Waals surface area contributed by atoms with Crippen LogP contribution in [-0.4, -0.2) is 16.8 Å². The molecule has 1 heterocycles. The first-order valence-corrected chi connectivity index (χ1v) is 6.50. The fraction of sp³-hybridized carbons (Fsp3) is 0.600. The second kappa shape index (κ2) is 4.69. The summed E-state index contributed by atoms with van der Waals surface area (Å²) >= 11 is 0. The first kappa shape index (κ1) is 12.4. The molecule has 1 aliphatic heterocycles. The minimum atomic E-state index is 0.0804. The van der Waals surface area contributed by atoms with Crippen molar-refractivity contribution in [1.29, 1.82) is 0 Å². The summed E-state index contributed by atoms with van der Waals surface area (Å²) in [5.41, 5.74) is 1.16. The number of hydrogen-bond donors (Lipinski definition) is 1. The van der Waals surface area contributed by atoms with E-state index < -0.39 is 0 Å². The van der Waals surface area contributed by atoms with Crippen LogP contribution in [0.25, 0.3) is 0 Å². The van der Waals surface area contributed by atoms with E-state index >= 15 is 0 Å². The molecule has 2 heteroatoms. The number of rotatable bonds is 5. The lowest BCUT2D eigenvalue weighted by atomic mass is 9.89. The van der Waals surface area contributed by atoms with Gasteiger partial charge >= 0.3 is 0 Å². The van der Waals surface area contributed by atoms with Crippen LogP contribution < -0.4 is 0 Å². The van der Waals surface area contributed by atoms with Gasteiger partial charge in [0.15, 0.2) is 0 Å². The minimum absolute atomic E-state index is 0.0804. The van der Waals surface area contributed by atoms with Crippen LogP contribution in [0.1, 0.15) is 51.5 Å². The number of phenolic OH excluding ortho intramolecular Hbond substituents is 1. The highest BCUT2D eigenvalue weighted by Crippen LogP contribution is 2.41. The van der Waals surface area contributed by atoms with Crippen molar-refractivity contribution in [3.63, 3.8) is 0 Å². The van der Waals surface area contributed by atoms with Crippen molar-refractivity contribution < 1.29 is 9.84 Å². The van der Waals surface area contributed by atoms with Crippen molar-refractivity contribution in [3.05, 3.63) is 29.8 Å². The highest BCUT2D eigenvalue weighted by Gasteiger charge is 2.47. The van der Waals surface area contributed by atoms with Gasteiger partial charge in [0.2, 0.25) is 0 Å². The standard InChI is InChI=1S/C15H22O2/c1-4-11(9-10-14-15(2,3)17-14)12-7-5-6-8-13(12)16/h5-8,11,14,16H,4,9-10H2,1-3H3/t11-,14+/m0/s1. The topological polar surface area (TPSA) is 32.8 Å². The normalized spacial score (nSPS) is 23.4. The molecule has 1 N–H and O–H groups in total. The molecule has 0 bridgehead atoms. The molecule has 1 fully saturated rings. The van der Waals surface area contributed by atoms with Crippen molar-refractivity contribution in [2.75, 3.05) is 0 Å². The van der Waals surface area contributed by atoms with Crippen LogP contribution >= 0.6 is 0 Å². The largest absolute Gasteiger partial charge is 0.508 e. The molecular formula is C15H22O2. The van der Waals surface area contributed by atoms with Crippen LogP contribution in [0.15, 0.2) is 24.3 Å². The molecule has 0 amide bonds. The maximum atomic E-state index is 9.86. The highest BCUT2D eigenvalue weighted by molar-refractivity contribution is 5.34. The van der Waals surface area contributed by atoms with E-state index in [9.17, 15) is 5.11 Å². The summed E-state index contributed by atoms with van der Waals surface area (Å²) in [7, 11) is 0. The van der Waals surface area contributed by atoms with E-state index in [4.69, 9.17) is 4.74 Å². The third-order valence-electron chi connectivity index (χ3n) is 3.81. The van der Waals surface area contributed by atoms with Crippen molar-refractivity contribution in [2.24, 2.45) is 0 Å². The zero-order valence-electron chi connectivity index (χ0n) is 10.9. The lowest BCUT2D eigenvalue weighted by Crippen LogP contribution is -2.05. The van der Waals surface area contributed by atoms with Gasteiger partial charge in [-0.15, -0.1) is 0 Å². The third kappa shape index (κ3) is 2.81. The van der Waals surface area contributed by atoms with Gasteiger partial charge in [0.25, 0.3) is 0 Å². The molecule has 0 unspecified atom stereocenters. The monoisotopic (exact) mass is 234 g/mol. The molecule has 1 aromatic carbocycles. The van der Waals surface area contributed by atoms with Crippen LogP contribution in [-0.2, 0) is 4.74 Å². The summed E-state index contributed by atoms with van der Waals surface area (Å²) in [5.74, 6) is 0.867. The maximum absolute atomic E-state index is 9.86. The molecule has 2 nitrogen and oxygen atoms in total. The van der Waals surface area contributed by atoms with Crippen molar-refractivity contribution >= 4 is 0 Å². The quantitative estimate of drug-likeness (QED) is 0.785. The lowest BCUT2D eigenvalue weighted by Gasteiger charge is -2.16. The Hall–Kier alpha value is -1.02. The molecule has 2 atom stereocenters. The Bertz CT molecular complexity index is 384. The van der Waals surface area contributed by atoms with Crippen molar-refractivity contribution in [3.8, 4) is 5.75 Å². The van der Waals surface area contributed by atoms with Gasteiger partial charge in [-0.2, -0.15) is 0 Å². The Kier molecular flexibility index (Phi) is 3.43. The zero-order chi connectivity index (χ0) is 12.5. The number of phenols is 1. The molecule has 1 aliphatic rings. The molecule has 1 aromatic rings. The summed E-state index contributed by atoms with van der Waals surface area (Å²) < 4.78 is 5.60. The summed E-state index contributed by atoms with van der Waals surface area (Å²) in [6, 6.07) is 7.67. The molecule has 0 aliphatic carbocycles. The number of aromatic hydroxyl groups is 1. The average Bonchev–Trinajstić information content (AvgIpc) is 2.90. The second-order valence-electron chi connectivity index (χ2n) is 5.45. The minimum Gasteiger partial charge on any atom is -0.508 e. The van der Waals surface area contributed by atoms with E-state index in [0.29, 0.717) is 17.8 Å². The fourth-order valence-corrected chi connectivity index (χ4v) is 2.50. The number of para-hydroxylation sites is 1. The smallest absolute Gasteiger partial charge is 0.119 e. The van der Waals surface area contributed by atoms with Crippen molar-refractivity contribution in [1.82, 2.24) is 0 Å². The maximum Gasteiger partial charge on any atom is 0.119 e. The zero-order valence-corrected chi connectivity index (χ0v) is 10.9. The van der Waals surface area contributed by atoms with Gasteiger partial charge in [0, 0.05) is 0 Å².